The minimum Gasteiger partial charge on any atom is -0.372 e. The Labute approximate surface area is 153 Å². The first-order valence-corrected chi connectivity index (χ1v) is 9.32. The number of ether oxygens (including phenoxy) is 2. The van der Waals surface area contributed by atoms with Gasteiger partial charge in [0.15, 0.2) is 0 Å². The summed E-state index contributed by atoms with van der Waals surface area (Å²) in [6.07, 6.45) is 6.75. The van der Waals surface area contributed by atoms with Crippen molar-refractivity contribution in [3.05, 3.63) is 65.7 Å². The number of likely N-dealkylation sites (tertiary alicyclic amines) is 1. The molecule has 0 radical (unpaired) electrons. The lowest BCUT2D eigenvalue weighted by Gasteiger charge is -2.38. The van der Waals surface area contributed by atoms with Crippen LogP contribution >= 0.6 is 0 Å². The maximum absolute atomic E-state index is 13.3. The number of pyridine rings is 1. The number of halogens is 1. The van der Waals surface area contributed by atoms with Gasteiger partial charge in [0.2, 0.25) is 0 Å². The van der Waals surface area contributed by atoms with Crippen molar-refractivity contribution in [2.45, 2.75) is 44.1 Å². The molecule has 138 valence electrons. The smallest absolute Gasteiger partial charge is 0.123 e. The highest BCUT2D eigenvalue weighted by molar-refractivity contribution is 5.16. The Morgan fingerprint density at radius 3 is 2.81 bits per heavy atom. The van der Waals surface area contributed by atoms with Gasteiger partial charge in [-0.15, -0.1) is 0 Å². The van der Waals surface area contributed by atoms with Crippen LogP contribution in [0, 0.1) is 5.82 Å². The van der Waals surface area contributed by atoms with Crippen LogP contribution in [-0.2, 0) is 22.6 Å². The number of rotatable bonds is 5. The summed E-state index contributed by atoms with van der Waals surface area (Å²) in [5.41, 5.74) is 2.09. The van der Waals surface area contributed by atoms with E-state index in [2.05, 4.69) is 9.88 Å². The van der Waals surface area contributed by atoms with Gasteiger partial charge in [-0.3, -0.25) is 9.88 Å². The Kier molecular flexibility index (Phi) is 5.29. The number of piperidine rings is 1. The summed E-state index contributed by atoms with van der Waals surface area (Å²) >= 11 is 0. The zero-order valence-electron chi connectivity index (χ0n) is 14.9. The van der Waals surface area contributed by atoms with Crippen LogP contribution < -0.4 is 0 Å². The number of nitrogens with zero attached hydrogens (tertiary/aromatic N) is 2. The maximum atomic E-state index is 13.3. The molecule has 0 N–H and O–H groups in total. The molecule has 2 fully saturated rings. The van der Waals surface area contributed by atoms with Crippen LogP contribution in [0.2, 0.25) is 0 Å². The topological polar surface area (TPSA) is 34.6 Å². The molecule has 1 atom stereocenters. The standard InChI is InChI=1S/C21H25FN2O2/c22-19-5-1-3-17(11-19)14-24-9-6-21(7-10-24)12-20(16-26-21)25-15-18-4-2-8-23-13-18/h1-5,8,11,13,20H,6-7,9-10,12,14-16H2. The number of hydrogen-bond donors (Lipinski definition) is 0. The molecule has 5 heteroatoms. The van der Waals surface area contributed by atoms with E-state index in [0.29, 0.717) is 13.2 Å². The van der Waals surface area contributed by atoms with E-state index in [1.54, 1.807) is 18.3 Å². The highest BCUT2D eigenvalue weighted by atomic mass is 19.1. The fourth-order valence-electron chi connectivity index (χ4n) is 3.97. The Morgan fingerprint density at radius 1 is 1.19 bits per heavy atom. The van der Waals surface area contributed by atoms with Gasteiger partial charge in [-0.05, 0) is 42.2 Å². The summed E-state index contributed by atoms with van der Waals surface area (Å²) in [4.78, 5) is 6.50. The summed E-state index contributed by atoms with van der Waals surface area (Å²) in [6.45, 7) is 4.01. The molecule has 1 aromatic carbocycles. The minimum atomic E-state index is -0.163. The first-order chi connectivity index (χ1) is 12.7. The lowest BCUT2D eigenvalue weighted by Crippen LogP contribution is -2.43. The average Bonchev–Trinajstić information content (AvgIpc) is 3.06. The second kappa shape index (κ2) is 7.82. The van der Waals surface area contributed by atoms with E-state index in [4.69, 9.17) is 9.47 Å². The highest BCUT2D eigenvalue weighted by Crippen LogP contribution is 2.37. The third-order valence-electron chi connectivity index (χ3n) is 5.45. The normalized spacial score (nSPS) is 22.7. The summed E-state index contributed by atoms with van der Waals surface area (Å²) < 4.78 is 25.5. The molecule has 1 spiro atoms. The van der Waals surface area contributed by atoms with Gasteiger partial charge >= 0.3 is 0 Å². The molecule has 0 amide bonds. The van der Waals surface area contributed by atoms with Crippen LogP contribution in [0.4, 0.5) is 4.39 Å². The van der Waals surface area contributed by atoms with Crippen molar-refractivity contribution in [2.24, 2.45) is 0 Å². The van der Waals surface area contributed by atoms with Crippen LogP contribution in [0.25, 0.3) is 0 Å². The van der Waals surface area contributed by atoms with Crippen molar-refractivity contribution in [3.63, 3.8) is 0 Å². The van der Waals surface area contributed by atoms with Gasteiger partial charge in [0.25, 0.3) is 0 Å². The van der Waals surface area contributed by atoms with E-state index in [1.807, 2.05) is 24.4 Å². The van der Waals surface area contributed by atoms with E-state index in [9.17, 15) is 4.39 Å². The Bertz CT molecular complexity index is 717. The van der Waals surface area contributed by atoms with Crippen molar-refractivity contribution >= 4 is 0 Å². The SMILES string of the molecule is Fc1cccc(CN2CCC3(CC2)CC(OCc2cccnc2)CO3)c1. The molecule has 1 aromatic heterocycles. The molecular weight excluding hydrogens is 331 g/mol. The van der Waals surface area contributed by atoms with Crippen molar-refractivity contribution < 1.29 is 13.9 Å². The molecule has 0 saturated carbocycles. The van der Waals surface area contributed by atoms with E-state index in [1.165, 1.54) is 6.07 Å². The van der Waals surface area contributed by atoms with Gasteiger partial charge < -0.3 is 9.47 Å². The van der Waals surface area contributed by atoms with Gasteiger partial charge in [-0.2, -0.15) is 0 Å². The van der Waals surface area contributed by atoms with E-state index in [0.717, 1.165) is 50.0 Å². The lowest BCUT2D eigenvalue weighted by atomic mass is 9.88. The van der Waals surface area contributed by atoms with Gasteiger partial charge in [-0.1, -0.05) is 18.2 Å². The predicted molar refractivity (Wildman–Crippen MR) is 97.0 cm³/mol. The van der Waals surface area contributed by atoms with E-state index < -0.39 is 0 Å². The molecule has 4 nitrogen and oxygen atoms in total. The van der Waals surface area contributed by atoms with Crippen LogP contribution in [0.5, 0.6) is 0 Å². The highest BCUT2D eigenvalue weighted by Gasteiger charge is 2.43. The molecule has 2 aliphatic heterocycles. The fourth-order valence-corrected chi connectivity index (χ4v) is 3.97. The zero-order valence-corrected chi connectivity index (χ0v) is 14.9. The van der Waals surface area contributed by atoms with Crippen molar-refractivity contribution in [1.29, 1.82) is 0 Å². The lowest BCUT2D eigenvalue weighted by molar-refractivity contribution is -0.0468. The van der Waals surface area contributed by atoms with Crippen LogP contribution in [-0.4, -0.2) is 41.3 Å². The molecular formula is C21H25FN2O2. The molecule has 3 heterocycles. The molecule has 0 bridgehead atoms. The van der Waals surface area contributed by atoms with Crippen molar-refractivity contribution in [1.82, 2.24) is 9.88 Å². The number of aromatic nitrogens is 1. The maximum Gasteiger partial charge on any atom is 0.123 e. The summed E-state index contributed by atoms with van der Waals surface area (Å²) in [7, 11) is 0. The second-order valence-corrected chi connectivity index (χ2v) is 7.40. The largest absolute Gasteiger partial charge is 0.372 e. The van der Waals surface area contributed by atoms with Gasteiger partial charge in [0.1, 0.15) is 5.82 Å². The predicted octanol–water partition coefficient (Wildman–Crippen LogP) is 3.56. The first-order valence-electron chi connectivity index (χ1n) is 9.32. The molecule has 0 aliphatic carbocycles. The molecule has 1 unspecified atom stereocenters. The summed E-state index contributed by atoms with van der Waals surface area (Å²) in [6, 6.07) is 10.8. The Hall–Kier alpha value is -1.82. The number of benzene rings is 1. The zero-order chi connectivity index (χ0) is 17.8. The molecule has 4 rings (SSSR count). The first kappa shape index (κ1) is 17.6. The van der Waals surface area contributed by atoms with Crippen LogP contribution in [0.1, 0.15) is 30.4 Å². The van der Waals surface area contributed by atoms with Gasteiger partial charge in [0.05, 0.1) is 24.9 Å². The fraction of sp³-hybridized carbons (Fsp3) is 0.476. The van der Waals surface area contributed by atoms with Gasteiger partial charge in [0, 0.05) is 38.4 Å². The molecule has 26 heavy (non-hydrogen) atoms. The Balaban J connectivity index is 1.25. The van der Waals surface area contributed by atoms with Crippen molar-refractivity contribution in [3.8, 4) is 0 Å². The second-order valence-electron chi connectivity index (χ2n) is 7.40. The molecule has 2 saturated heterocycles. The quantitative estimate of drug-likeness (QED) is 0.820. The Morgan fingerprint density at radius 2 is 2.04 bits per heavy atom. The monoisotopic (exact) mass is 356 g/mol. The van der Waals surface area contributed by atoms with E-state index in [-0.39, 0.29) is 17.5 Å². The van der Waals surface area contributed by atoms with Gasteiger partial charge in [-0.25, -0.2) is 4.39 Å². The average molecular weight is 356 g/mol. The third kappa shape index (κ3) is 4.29. The minimum absolute atomic E-state index is 0.0436. The third-order valence-corrected chi connectivity index (χ3v) is 5.45. The van der Waals surface area contributed by atoms with Crippen LogP contribution in [0.15, 0.2) is 48.8 Å². The summed E-state index contributed by atoms with van der Waals surface area (Å²) in [5, 5.41) is 0. The number of hydrogen-bond acceptors (Lipinski definition) is 4. The van der Waals surface area contributed by atoms with E-state index >= 15 is 0 Å². The molecule has 2 aromatic rings. The van der Waals surface area contributed by atoms with Crippen LogP contribution in [0.3, 0.4) is 0 Å². The summed E-state index contributed by atoms with van der Waals surface area (Å²) in [5.74, 6) is -0.163. The van der Waals surface area contributed by atoms with Crippen molar-refractivity contribution in [2.75, 3.05) is 19.7 Å². The molecule has 2 aliphatic rings.